The predicted molar refractivity (Wildman–Crippen MR) is 52.4 cm³/mol. The van der Waals surface area contributed by atoms with Crippen LogP contribution in [0, 0.1) is 5.92 Å². The molecular formula is C11H15NO2. The van der Waals surface area contributed by atoms with Gasteiger partial charge < -0.3 is 0 Å². The van der Waals surface area contributed by atoms with Gasteiger partial charge in [-0.05, 0) is 12.3 Å². The van der Waals surface area contributed by atoms with Crippen LogP contribution in [0.1, 0.15) is 38.5 Å². The highest BCUT2D eigenvalue weighted by atomic mass is 16.2. The minimum absolute atomic E-state index is 0.180. The lowest BCUT2D eigenvalue weighted by molar-refractivity contribution is -0.123. The van der Waals surface area contributed by atoms with Gasteiger partial charge in [0, 0.05) is 11.6 Å². The van der Waals surface area contributed by atoms with Gasteiger partial charge in [0.15, 0.2) is 0 Å². The summed E-state index contributed by atoms with van der Waals surface area (Å²) < 4.78 is 0. The molecule has 1 N–H and O–H groups in total. The van der Waals surface area contributed by atoms with Crippen LogP contribution in [0.4, 0.5) is 0 Å². The normalized spacial score (nSPS) is 23.6. The van der Waals surface area contributed by atoms with Crippen LogP contribution in [0.2, 0.25) is 0 Å². The monoisotopic (exact) mass is 193 g/mol. The lowest BCUT2D eigenvalue weighted by Gasteiger charge is -2.21. The molecule has 14 heavy (non-hydrogen) atoms. The van der Waals surface area contributed by atoms with Gasteiger partial charge in [0.1, 0.15) is 0 Å². The molecular weight excluding hydrogens is 178 g/mol. The number of carbonyl (C=O) groups excluding carboxylic acids is 2. The van der Waals surface area contributed by atoms with Crippen molar-refractivity contribution in [2.75, 3.05) is 0 Å². The van der Waals surface area contributed by atoms with Crippen molar-refractivity contribution in [3.05, 3.63) is 11.6 Å². The maximum atomic E-state index is 11.3. The van der Waals surface area contributed by atoms with E-state index < -0.39 is 0 Å². The van der Waals surface area contributed by atoms with Crippen molar-refractivity contribution in [2.24, 2.45) is 5.92 Å². The summed E-state index contributed by atoms with van der Waals surface area (Å²) in [5.41, 5.74) is 0.682. The van der Waals surface area contributed by atoms with Crippen molar-refractivity contribution >= 4 is 11.8 Å². The Morgan fingerprint density at radius 2 is 1.93 bits per heavy atom. The molecule has 1 saturated carbocycles. The van der Waals surface area contributed by atoms with E-state index in [1.807, 2.05) is 0 Å². The zero-order valence-corrected chi connectivity index (χ0v) is 8.21. The van der Waals surface area contributed by atoms with E-state index >= 15 is 0 Å². The van der Waals surface area contributed by atoms with E-state index in [1.165, 1.54) is 38.2 Å². The third kappa shape index (κ3) is 2.03. The van der Waals surface area contributed by atoms with Gasteiger partial charge >= 0.3 is 0 Å². The van der Waals surface area contributed by atoms with E-state index in [2.05, 4.69) is 5.32 Å². The lowest BCUT2D eigenvalue weighted by atomic mass is 9.85. The largest absolute Gasteiger partial charge is 0.289 e. The molecule has 76 valence electrons. The molecule has 3 heteroatoms. The van der Waals surface area contributed by atoms with Gasteiger partial charge in [-0.25, -0.2) is 0 Å². The van der Waals surface area contributed by atoms with E-state index in [4.69, 9.17) is 0 Å². The maximum absolute atomic E-state index is 11.3. The summed E-state index contributed by atoms with van der Waals surface area (Å²) in [6.07, 6.45) is 8.52. The van der Waals surface area contributed by atoms with Crippen molar-refractivity contribution in [3.63, 3.8) is 0 Å². The van der Waals surface area contributed by atoms with Crippen LogP contribution in [0.25, 0.3) is 0 Å². The average molecular weight is 193 g/mol. The van der Waals surface area contributed by atoms with Crippen LogP contribution in [-0.4, -0.2) is 11.8 Å². The van der Waals surface area contributed by atoms with Crippen LogP contribution in [0.5, 0.6) is 0 Å². The molecule has 2 amide bonds. The molecule has 1 aliphatic carbocycles. The fraction of sp³-hybridized carbons (Fsp3) is 0.636. The molecule has 0 aromatic carbocycles. The van der Waals surface area contributed by atoms with Gasteiger partial charge in [0.05, 0.1) is 0 Å². The summed E-state index contributed by atoms with van der Waals surface area (Å²) in [5.74, 6) is 0.188. The molecule has 0 radical (unpaired) electrons. The Morgan fingerprint density at radius 1 is 1.21 bits per heavy atom. The Balaban J connectivity index is 1.93. The molecule has 0 saturated heterocycles. The van der Waals surface area contributed by atoms with E-state index in [-0.39, 0.29) is 11.8 Å². The molecule has 1 heterocycles. The number of amides is 2. The predicted octanol–water partition coefficient (Wildman–Crippen LogP) is 1.54. The van der Waals surface area contributed by atoms with Crippen molar-refractivity contribution in [3.8, 4) is 0 Å². The molecule has 1 aliphatic heterocycles. The number of hydrogen-bond donors (Lipinski definition) is 1. The van der Waals surface area contributed by atoms with Gasteiger partial charge in [0.2, 0.25) is 0 Å². The van der Waals surface area contributed by atoms with Crippen molar-refractivity contribution in [1.29, 1.82) is 0 Å². The lowest BCUT2D eigenvalue weighted by Crippen LogP contribution is -2.23. The summed E-state index contributed by atoms with van der Waals surface area (Å²) in [6, 6.07) is 0. The zero-order chi connectivity index (χ0) is 9.97. The summed E-state index contributed by atoms with van der Waals surface area (Å²) in [7, 11) is 0. The topological polar surface area (TPSA) is 46.2 Å². The number of rotatable bonds is 2. The second kappa shape index (κ2) is 3.95. The third-order valence-electron chi connectivity index (χ3n) is 3.07. The Kier molecular flexibility index (Phi) is 2.66. The molecule has 3 nitrogen and oxygen atoms in total. The number of imide groups is 1. The van der Waals surface area contributed by atoms with Gasteiger partial charge in [-0.3, -0.25) is 14.9 Å². The molecule has 2 aliphatic rings. The van der Waals surface area contributed by atoms with Crippen molar-refractivity contribution < 1.29 is 9.59 Å². The zero-order valence-electron chi connectivity index (χ0n) is 8.21. The first-order valence-corrected chi connectivity index (χ1v) is 5.31. The van der Waals surface area contributed by atoms with Gasteiger partial charge in [0.25, 0.3) is 11.8 Å². The molecule has 0 spiro atoms. The van der Waals surface area contributed by atoms with E-state index in [0.29, 0.717) is 11.5 Å². The smallest absolute Gasteiger partial charge is 0.254 e. The van der Waals surface area contributed by atoms with Crippen LogP contribution >= 0.6 is 0 Å². The summed E-state index contributed by atoms with van der Waals surface area (Å²) in [6.45, 7) is 0. The Hall–Kier alpha value is -1.12. The number of carbonyl (C=O) groups is 2. The van der Waals surface area contributed by atoms with E-state index in [1.54, 1.807) is 0 Å². The van der Waals surface area contributed by atoms with Crippen LogP contribution in [0.15, 0.2) is 11.6 Å². The summed E-state index contributed by atoms with van der Waals surface area (Å²) in [5, 5.41) is 2.29. The second-order valence-electron chi connectivity index (χ2n) is 4.20. The van der Waals surface area contributed by atoms with Gasteiger partial charge in [-0.15, -0.1) is 0 Å². The highest BCUT2D eigenvalue weighted by Gasteiger charge is 2.24. The molecule has 1 fully saturated rings. The first-order valence-electron chi connectivity index (χ1n) is 5.31. The first-order chi connectivity index (χ1) is 6.75. The summed E-state index contributed by atoms with van der Waals surface area (Å²) in [4.78, 5) is 22.2. The van der Waals surface area contributed by atoms with Crippen LogP contribution in [-0.2, 0) is 9.59 Å². The Labute approximate surface area is 83.6 Å². The van der Waals surface area contributed by atoms with Gasteiger partial charge in [-0.2, -0.15) is 0 Å². The molecule has 0 aromatic heterocycles. The Morgan fingerprint density at radius 3 is 2.50 bits per heavy atom. The molecule has 2 rings (SSSR count). The molecule has 0 aromatic rings. The summed E-state index contributed by atoms with van der Waals surface area (Å²) >= 11 is 0. The van der Waals surface area contributed by atoms with Crippen molar-refractivity contribution in [1.82, 2.24) is 5.32 Å². The fourth-order valence-electron chi connectivity index (χ4n) is 2.31. The number of nitrogens with one attached hydrogen (secondary N) is 1. The van der Waals surface area contributed by atoms with Crippen molar-refractivity contribution in [2.45, 2.75) is 38.5 Å². The maximum Gasteiger partial charge on any atom is 0.254 e. The molecule has 0 bridgehead atoms. The standard InChI is InChI=1S/C11H15NO2/c13-10-7-9(11(14)12-10)6-8-4-2-1-3-5-8/h7-8H,1-6H2,(H,12,13,14). The van der Waals surface area contributed by atoms with Crippen LogP contribution < -0.4 is 5.32 Å². The highest BCUT2D eigenvalue weighted by Crippen LogP contribution is 2.29. The Bertz CT molecular complexity index is 288. The molecule has 0 unspecified atom stereocenters. The van der Waals surface area contributed by atoms with E-state index in [0.717, 1.165) is 6.42 Å². The average Bonchev–Trinajstić information content (AvgIpc) is 2.47. The minimum atomic E-state index is -0.249. The SMILES string of the molecule is O=C1C=C(CC2CCCCC2)C(=O)N1. The fourth-order valence-corrected chi connectivity index (χ4v) is 2.31. The first kappa shape index (κ1) is 9.44. The van der Waals surface area contributed by atoms with Gasteiger partial charge in [-0.1, -0.05) is 32.1 Å². The second-order valence-corrected chi connectivity index (χ2v) is 4.20. The minimum Gasteiger partial charge on any atom is -0.289 e. The van der Waals surface area contributed by atoms with E-state index in [9.17, 15) is 9.59 Å². The number of hydrogen-bond acceptors (Lipinski definition) is 2. The highest BCUT2D eigenvalue weighted by molar-refractivity contribution is 6.16. The van der Waals surface area contributed by atoms with Crippen LogP contribution in [0.3, 0.4) is 0 Å². The quantitative estimate of drug-likeness (QED) is 0.676. The molecule has 0 atom stereocenters. The third-order valence-corrected chi connectivity index (χ3v) is 3.07.